The summed E-state index contributed by atoms with van der Waals surface area (Å²) < 4.78 is 5.37. The highest BCUT2D eigenvalue weighted by atomic mass is 35.5. The Labute approximate surface area is 118 Å². The van der Waals surface area contributed by atoms with E-state index in [9.17, 15) is 9.90 Å². The third-order valence-corrected chi connectivity index (χ3v) is 3.60. The monoisotopic (exact) mass is 301 g/mol. The minimum absolute atomic E-state index is 0.0689. The molecule has 1 aliphatic heterocycles. The lowest BCUT2D eigenvalue weighted by Crippen LogP contribution is -2.17. The number of thiocarbonyl (C=S) groups is 1. The summed E-state index contributed by atoms with van der Waals surface area (Å²) in [5, 5.41) is 12.8. The smallest absolute Gasteiger partial charge is 0.263 e. The SMILES string of the molecule is COc1cc(Cl)cc(/C=C2/SC(=S)NC2=O)c1O. The molecule has 2 N–H and O–H groups in total. The normalized spacial score (nSPS) is 17.1. The zero-order chi connectivity index (χ0) is 13.3. The van der Waals surface area contributed by atoms with E-state index < -0.39 is 0 Å². The molecule has 94 valence electrons. The number of thioether (sulfide) groups is 1. The Balaban J connectivity index is 2.46. The lowest BCUT2D eigenvalue weighted by atomic mass is 10.1. The highest BCUT2D eigenvalue weighted by Crippen LogP contribution is 2.36. The van der Waals surface area contributed by atoms with Crippen molar-refractivity contribution in [1.29, 1.82) is 0 Å². The summed E-state index contributed by atoms with van der Waals surface area (Å²) in [6.45, 7) is 0. The summed E-state index contributed by atoms with van der Waals surface area (Å²) in [7, 11) is 1.43. The molecule has 1 aliphatic rings. The first-order chi connectivity index (χ1) is 8.51. The standard InChI is InChI=1S/C11H8ClNO3S2/c1-16-7-4-6(12)2-5(9(7)14)3-8-10(15)13-11(17)18-8/h2-4,14H,1H3,(H,13,15,17)/b8-3+. The highest BCUT2D eigenvalue weighted by Gasteiger charge is 2.23. The molecule has 0 atom stereocenters. The highest BCUT2D eigenvalue weighted by molar-refractivity contribution is 8.26. The number of carbonyl (C=O) groups is 1. The zero-order valence-corrected chi connectivity index (χ0v) is 11.6. The number of nitrogens with one attached hydrogen (secondary N) is 1. The van der Waals surface area contributed by atoms with Gasteiger partial charge in [0.2, 0.25) is 0 Å². The maximum absolute atomic E-state index is 11.5. The fourth-order valence-corrected chi connectivity index (χ4v) is 2.67. The van der Waals surface area contributed by atoms with Gasteiger partial charge in [-0.05, 0) is 12.1 Å². The molecule has 7 heteroatoms. The van der Waals surface area contributed by atoms with Gasteiger partial charge in [0.15, 0.2) is 11.5 Å². The molecule has 0 bridgehead atoms. The van der Waals surface area contributed by atoms with Crippen molar-refractivity contribution in [2.45, 2.75) is 0 Å². The number of hydrogen-bond donors (Lipinski definition) is 2. The molecule has 18 heavy (non-hydrogen) atoms. The van der Waals surface area contributed by atoms with Crippen LogP contribution in [0, 0.1) is 0 Å². The molecular weight excluding hydrogens is 294 g/mol. The average molecular weight is 302 g/mol. The molecule has 2 rings (SSSR count). The second-order valence-corrected chi connectivity index (χ2v) is 5.55. The van der Waals surface area contributed by atoms with Gasteiger partial charge in [-0.3, -0.25) is 4.79 Å². The summed E-state index contributed by atoms with van der Waals surface area (Å²) in [5.74, 6) is -0.107. The number of phenolic OH excluding ortho intramolecular Hbond substituents is 1. The Hall–Kier alpha value is -1.24. The molecule has 4 nitrogen and oxygen atoms in total. The largest absolute Gasteiger partial charge is 0.504 e. The number of ether oxygens (including phenoxy) is 1. The number of benzene rings is 1. The first-order valence-corrected chi connectivity index (χ1v) is 6.43. The van der Waals surface area contributed by atoms with E-state index in [2.05, 4.69) is 5.32 Å². The van der Waals surface area contributed by atoms with Crippen LogP contribution in [0.2, 0.25) is 5.02 Å². The lowest BCUT2D eigenvalue weighted by molar-refractivity contribution is -0.115. The van der Waals surface area contributed by atoms with Crippen molar-refractivity contribution < 1.29 is 14.6 Å². The van der Waals surface area contributed by atoms with Crippen LogP contribution in [0.4, 0.5) is 0 Å². The molecule has 0 aromatic heterocycles. The maximum Gasteiger partial charge on any atom is 0.263 e. The Kier molecular flexibility index (Phi) is 3.79. The number of rotatable bonds is 2. The van der Waals surface area contributed by atoms with E-state index in [1.165, 1.54) is 19.3 Å². The van der Waals surface area contributed by atoms with Gasteiger partial charge in [-0.15, -0.1) is 0 Å². The third-order valence-electron chi connectivity index (χ3n) is 2.22. The molecular formula is C11H8ClNO3S2. The second-order valence-electron chi connectivity index (χ2n) is 3.40. The molecule has 1 amide bonds. The van der Waals surface area contributed by atoms with Crippen LogP contribution < -0.4 is 10.1 Å². The molecule has 1 aromatic rings. The first kappa shape index (κ1) is 13.2. The van der Waals surface area contributed by atoms with Crippen LogP contribution in [0.1, 0.15) is 5.56 Å². The summed E-state index contributed by atoms with van der Waals surface area (Å²) >= 11 is 11.9. The van der Waals surface area contributed by atoms with Crippen molar-refractivity contribution in [3.05, 3.63) is 27.6 Å². The molecule has 1 fully saturated rings. The van der Waals surface area contributed by atoms with Crippen molar-refractivity contribution >= 4 is 51.9 Å². The van der Waals surface area contributed by atoms with E-state index in [1.54, 1.807) is 6.07 Å². The van der Waals surface area contributed by atoms with Gasteiger partial charge in [0.25, 0.3) is 5.91 Å². The predicted octanol–water partition coefficient (Wildman–Crippen LogP) is 2.54. The van der Waals surface area contributed by atoms with Gasteiger partial charge in [0.1, 0.15) is 4.32 Å². The van der Waals surface area contributed by atoms with Crippen LogP contribution in [0.3, 0.4) is 0 Å². The minimum atomic E-state index is -0.289. The van der Waals surface area contributed by atoms with Gasteiger partial charge in [0.05, 0.1) is 12.0 Å². The van der Waals surface area contributed by atoms with Gasteiger partial charge in [0, 0.05) is 16.7 Å². The van der Waals surface area contributed by atoms with Gasteiger partial charge < -0.3 is 15.2 Å². The van der Waals surface area contributed by atoms with E-state index in [0.29, 0.717) is 19.8 Å². The van der Waals surface area contributed by atoms with Crippen LogP contribution in [0.25, 0.3) is 6.08 Å². The van der Waals surface area contributed by atoms with Crippen molar-refractivity contribution in [3.8, 4) is 11.5 Å². The van der Waals surface area contributed by atoms with Crippen molar-refractivity contribution in [2.75, 3.05) is 7.11 Å². The molecule has 0 radical (unpaired) electrons. The molecule has 0 spiro atoms. The Morgan fingerprint density at radius 1 is 1.56 bits per heavy atom. The van der Waals surface area contributed by atoms with E-state index in [4.69, 9.17) is 28.6 Å². The van der Waals surface area contributed by atoms with Crippen LogP contribution >= 0.6 is 35.6 Å². The van der Waals surface area contributed by atoms with Gasteiger partial charge in [-0.25, -0.2) is 0 Å². The van der Waals surface area contributed by atoms with Gasteiger partial charge in [-0.1, -0.05) is 35.6 Å². The fraction of sp³-hybridized carbons (Fsp3) is 0.0909. The lowest BCUT2D eigenvalue weighted by Gasteiger charge is -2.07. The van der Waals surface area contributed by atoms with Crippen molar-refractivity contribution in [2.24, 2.45) is 0 Å². The van der Waals surface area contributed by atoms with Crippen LogP contribution in [0.5, 0.6) is 11.5 Å². The molecule has 1 aromatic carbocycles. The van der Waals surface area contributed by atoms with Crippen molar-refractivity contribution in [1.82, 2.24) is 5.32 Å². The number of aromatic hydroxyl groups is 1. The number of amides is 1. The number of halogens is 1. The van der Waals surface area contributed by atoms with Gasteiger partial charge >= 0.3 is 0 Å². The molecule has 0 unspecified atom stereocenters. The van der Waals surface area contributed by atoms with E-state index in [0.717, 1.165) is 11.8 Å². The van der Waals surface area contributed by atoms with Crippen LogP contribution in [-0.2, 0) is 4.79 Å². The van der Waals surface area contributed by atoms with Crippen LogP contribution in [-0.4, -0.2) is 22.4 Å². The number of hydrogen-bond acceptors (Lipinski definition) is 5. The van der Waals surface area contributed by atoms with Gasteiger partial charge in [-0.2, -0.15) is 0 Å². The number of phenols is 1. The van der Waals surface area contributed by atoms with Crippen LogP contribution in [0.15, 0.2) is 17.0 Å². The predicted molar refractivity (Wildman–Crippen MR) is 76.0 cm³/mol. The Bertz CT molecular complexity index is 572. The van der Waals surface area contributed by atoms with E-state index in [-0.39, 0.29) is 17.4 Å². The minimum Gasteiger partial charge on any atom is -0.504 e. The topological polar surface area (TPSA) is 58.6 Å². The second kappa shape index (κ2) is 5.17. The third kappa shape index (κ3) is 2.60. The summed E-state index contributed by atoms with van der Waals surface area (Å²) in [4.78, 5) is 11.9. The summed E-state index contributed by atoms with van der Waals surface area (Å²) in [6.07, 6.45) is 1.52. The fourth-order valence-electron chi connectivity index (χ4n) is 1.42. The average Bonchev–Trinajstić information content (AvgIpc) is 2.62. The number of methoxy groups -OCH3 is 1. The summed E-state index contributed by atoms with van der Waals surface area (Å²) in [5.41, 5.74) is 0.404. The molecule has 1 saturated heterocycles. The Morgan fingerprint density at radius 3 is 2.83 bits per heavy atom. The van der Waals surface area contributed by atoms with Crippen molar-refractivity contribution in [3.63, 3.8) is 0 Å². The Morgan fingerprint density at radius 2 is 2.28 bits per heavy atom. The zero-order valence-electron chi connectivity index (χ0n) is 9.19. The molecule has 0 aliphatic carbocycles. The quantitative estimate of drug-likeness (QED) is 0.649. The first-order valence-electron chi connectivity index (χ1n) is 4.82. The molecule has 0 saturated carbocycles. The number of carbonyl (C=O) groups excluding carboxylic acids is 1. The maximum atomic E-state index is 11.5. The summed E-state index contributed by atoms with van der Waals surface area (Å²) in [6, 6.07) is 3.03. The van der Waals surface area contributed by atoms with E-state index in [1.807, 2.05) is 0 Å². The van der Waals surface area contributed by atoms with E-state index >= 15 is 0 Å². The molecule has 1 heterocycles.